The summed E-state index contributed by atoms with van der Waals surface area (Å²) in [7, 11) is 0. The molecule has 0 unspecified atom stereocenters. The van der Waals surface area contributed by atoms with Crippen LogP contribution in [0.1, 0.15) is 11.3 Å². The average Bonchev–Trinajstić information content (AvgIpc) is 2.40. The second-order valence-electron chi connectivity index (χ2n) is 4.58. The zero-order valence-electron chi connectivity index (χ0n) is 11.5. The lowest BCUT2D eigenvalue weighted by molar-refractivity contribution is -0.274. The number of carboxylic acid groups (broad SMARTS) is 1. The number of hydrogen-bond donors (Lipinski definition) is 1. The van der Waals surface area contributed by atoms with E-state index in [2.05, 4.69) is 9.72 Å². The topological polar surface area (TPSA) is 59.4 Å². The maximum atomic E-state index is 12.1. The molecule has 0 spiro atoms. The molecular formula is C15H12F3NO3. The number of pyridine rings is 1. The van der Waals surface area contributed by atoms with Crippen molar-refractivity contribution in [3.63, 3.8) is 0 Å². The van der Waals surface area contributed by atoms with Gasteiger partial charge in [0, 0.05) is 11.3 Å². The smallest absolute Gasteiger partial charge is 0.481 e. The number of aryl methyl sites for hydroxylation is 1. The van der Waals surface area contributed by atoms with Gasteiger partial charge >= 0.3 is 12.3 Å². The normalized spacial score (nSPS) is 11.3. The van der Waals surface area contributed by atoms with Gasteiger partial charge in [-0.25, -0.2) is 0 Å². The highest BCUT2D eigenvalue weighted by atomic mass is 19.4. The largest absolute Gasteiger partial charge is 0.573 e. The Kier molecular flexibility index (Phi) is 4.35. The van der Waals surface area contributed by atoms with Crippen LogP contribution < -0.4 is 4.74 Å². The molecule has 0 aliphatic rings. The number of rotatable bonds is 4. The Hall–Kier alpha value is -2.57. The van der Waals surface area contributed by atoms with Crippen molar-refractivity contribution in [3.05, 3.63) is 47.7 Å². The van der Waals surface area contributed by atoms with Crippen LogP contribution in [0.5, 0.6) is 5.75 Å². The Balaban J connectivity index is 2.21. The standard InChI is InChI=1S/C15H12F3NO3/c1-9-11(8-14(20)21)4-7-13(19-9)10-2-5-12(6-3-10)22-15(16,17)18/h2-7H,8H2,1H3,(H,20,21). The van der Waals surface area contributed by atoms with E-state index in [4.69, 9.17) is 5.11 Å². The lowest BCUT2D eigenvalue weighted by atomic mass is 10.1. The lowest BCUT2D eigenvalue weighted by Gasteiger charge is -2.10. The molecule has 2 rings (SSSR count). The van der Waals surface area contributed by atoms with Crippen LogP contribution in [0.2, 0.25) is 0 Å². The molecule has 2 aromatic rings. The highest BCUT2D eigenvalue weighted by molar-refractivity contribution is 5.71. The molecule has 7 heteroatoms. The summed E-state index contributed by atoms with van der Waals surface area (Å²) in [6.07, 6.45) is -4.85. The van der Waals surface area contributed by atoms with E-state index in [9.17, 15) is 18.0 Å². The van der Waals surface area contributed by atoms with Crippen LogP contribution >= 0.6 is 0 Å². The third-order valence-corrected chi connectivity index (χ3v) is 2.92. The second kappa shape index (κ2) is 6.05. The molecule has 1 aromatic carbocycles. The van der Waals surface area contributed by atoms with E-state index < -0.39 is 12.3 Å². The van der Waals surface area contributed by atoms with Crippen molar-refractivity contribution in [1.29, 1.82) is 0 Å². The number of hydrogen-bond acceptors (Lipinski definition) is 3. The lowest BCUT2D eigenvalue weighted by Crippen LogP contribution is -2.16. The molecule has 1 heterocycles. The van der Waals surface area contributed by atoms with Gasteiger partial charge in [-0.2, -0.15) is 0 Å². The summed E-state index contributed by atoms with van der Waals surface area (Å²) in [6.45, 7) is 1.68. The van der Waals surface area contributed by atoms with Crippen molar-refractivity contribution >= 4 is 5.97 Å². The molecular weight excluding hydrogens is 299 g/mol. The highest BCUT2D eigenvalue weighted by Crippen LogP contribution is 2.26. The minimum Gasteiger partial charge on any atom is -0.481 e. The number of nitrogens with zero attached hydrogens (tertiary/aromatic N) is 1. The van der Waals surface area contributed by atoms with Gasteiger partial charge in [0.2, 0.25) is 0 Å². The van der Waals surface area contributed by atoms with Gasteiger partial charge in [-0.05, 0) is 42.8 Å². The summed E-state index contributed by atoms with van der Waals surface area (Å²) < 4.78 is 40.0. The van der Waals surface area contributed by atoms with Crippen LogP contribution in [0.25, 0.3) is 11.3 Å². The average molecular weight is 311 g/mol. The number of aromatic nitrogens is 1. The fourth-order valence-corrected chi connectivity index (χ4v) is 1.93. The summed E-state index contributed by atoms with van der Waals surface area (Å²) in [5.41, 5.74) is 2.31. The van der Waals surface area contributed by atoms with E-state index in [0.717, 1.165) is 0 Å². The number of benzene rings is 1. The minimum atomic E-state index is -4.73. The maximum Gasteiger partial charge on any atom is 0.573 e. The molecule has 0 aliphatic carbocycles. The summed E-state index contributed by atoms with van der Waals surface area (Å²) in [6, 6.07) is 8.59. The number of ether oxygens (including phenoxy) is 1. The van der Waals surface area contributed by atoms with Crippen molar-refractivity contribution in [2.75, 3.05) is 0 Å². The molecule has 0 fully saturated rings. The van der Waals surface area contributed by atoms with Crippen LogP contribution in [0, 0.1) is 6.92 Å². The number of halogens is 3. The van der Waals surface area contributed by atoms with E-state index in [1.165, 1.54) is 24.3 Å². The molecule has 0 saturated heterocycles. The zero-order chi connectivity index (χ0) is 16.3. The Morgan fingerprint density at radius 2 is 1.82 bits per heavy atom. The van der Waals surface area contributed by atoms with Crippen molar-refractivity contribution in [2.45, 2.75) is 19.7 Å². The molecule has 0 amide bonds. The first-order valence-electron chi connectivity index (χ1n) is 6.29. The van der Waals surface area contributed by atoms with Gasteiger partial charge in [0.1, 0.15) is 5.75 Å². The molecule has 1 N–H and O–H groups in total. The van der Waals surface area contributed by atoms with Crippen LogP contribution in [-0.2, 0) is 11.2 Å². The van der Waals surface area contributed by atoms with Crippen molar-refractivity contribution < 1.29 is 27.8 Å². The molecule has 4 nitrogen and oxygen atoms in total. The van der Waals surface area contributed by atoms with E-state index in [-0.39, 0.29) is 12.2 Å². The van der Waals surface area contributed by atoms with Gasteiger partial charge in [0.25, 0.3) is 0 Å². The molecule has 0 bridgehead atoms. The summed E-state index contributed by atoms with van der Waals surface area (Å²) >= 11 is 0. The van der Waals surface area contributed by atoms with Gasteiger partial charge < -0.3 is 9.84 Å². The van der Waals surface area contributed by atoms with E-state index in [0.29, 0.717) is 22.5 Å². The first kappa shape index (κ1) is 15.8. The fraction of sp³-hybridized carbons (Fsp3) is 0.200. The van der Waals surface area contributed by atoms with E-state index in [1.54, 1.807) is 19.1 Å². The summed E-state index contributed by atoms with van der Waals surface area (Å²) in [4.78, 5) is 15.0. The molecule has 1 aromatic heterocycles. The first-order valence-corrected chi connectivity index (χ1v) is 6.29. The van der Waals surface area contributed by atoms with Crippen LogP contribution in [0.15, 0.2) is 36.4 Å². The van der Waals surface area contributed by atoms with Crippen LogP contribution in [-0.4, -0.2) is 22.4 Å². The Morgan fingerprint density at radius 1 is 1.18 bits per heavy atom. The molecule has 0 saturated carbocycles. The van der Waals surface area contributed by atoms with Crippen LogP contribution in [0.4, 0.5) is 13.2 Å². The third kappa shape index (κ3) is 4.21. The molecule has 0 atom stereocenters. The third-order valence-electron chi connectivity index (χ3n) is 2.92. The number of carbonyl (C=O) groups is 1. The van der Waals surface area contributed by atoms with Gasteiger partial charge in [-0.15, -0.1) is 13.2 Å². The minimum absolute atomic E-state index is 0.128. The van der Waals surface area contributed by atoms with Crippen molar-refractivity contribution in [2.24, 2.45) is 0 Å². The van der Waals surface area contributed by atoms with Gasteiger partial charge in [-0.1, -0.05) is 6.07 Å². The van der Waals surface area contributed by atoms with Gasteiger partial charge in [0.05, 0.1) is 12.1 Å². The van der Waals surface area contributed by atoms with Crippen molar-refractivity contribution in [1.82, 2.24) is 4.98 Å². The summed E-state index contributed by atoms with van der Waals surface area (Å²) in [5, 5.41) is 8.77. The van der Waals surface area contributed by atoms with Gasteiger partial charge in [0.15, 0.2) is 0 Å². The fourth-order valence-electron chi connectivity index (χ4n) is 1.93. The zero-order valence-corrected chi connectivity index (χ0v) is 11.5. The number of aliphatic carboxylic acids is 1. The second-order valence-corrected chi connectivity index (χ2v) is 4.58. The van der Waals surface area contributed by atoms with Crippen LogP contribution in [0.3, 0.4) is 0 Å². The molecule has 22 heavy (non-hydrogen) atoms. The van der Waals surface area contributed by atoms with Gasteiger partial charge in [-0.3, -0.25) is 9.78 Å². The molecule has 116 valence electrons. The predicted octanol–water partition coefficient (Wildman–Crippen LogP) is 3.58. The quantitative estimate of drug-likeness (QED) is 0.937. The SMILES string of the molecule is Cc1nc(-c2ccc(OC(F)(F)F)cc2)ccc1CC(=O)O. The number of alkyl halides is 3. The monoisotopic (exact) mass is 311 g/mol. The van der Waals surface area contributed by atoms with E-state index in [1.807, 2.05) is 0 Å². The highest BCUT2D eigenvalue weighted by Gasteiger charge is 2.30. The number of carboxylic acids is 1. The molecule has 0 radical (unpaired) electrons. The summed E-state index contributed by atoms with van der Waals surface area (Å²) in [5.74, 6) is -1.26. The van der Waals surface area contributed by atoms with E-state index >= 15 is 0 Å². The molecule has 0 aliphatic heterocycles. The Bertz CT molecular complexity index is 681. The Labute approximate surface area is 124 Å². The predicted molar refractivity (Wildman–Crippen MR) is 72.4 cm³/mol. The Morgan fingerprint density at radius 3 is 2.32 bits per heavy atom. The first-order chi connectivity index (χ1) is 10.2. The maximum absolute atomic E-state index is 12.1. The van der Waals surface area contributed by atoms with Crippen molar-refractivity contribution in [3.8, 4) is 17.0 Å².